The number of oxime groups is 1. The number of rotatable bonds is 2. The lowest BCUT2D eigenvalue weighted by atomic mass is 10.1. The van der Waals surface area contributed by atoms with Gasteiger partial charge in [-0.2, -0.15) is 0 Å². The van der Waals surface area contributed by atoms with E-state index in [0.717, 1.165) is 5.56 Å². The Morgan fingerprint density at radius 1 is 1.62 bits per heavy atom. The van der Waals surface area contributed by atoms with Crippen LogP contribution in [0.4, 0.5) is 5.69 Å². The summed E-state index contributed by atoms with van der Waals surface area (Å²) < 4.78 is 0. The minimum absolute atomic E-state index is 0.0134. The third-order valence-electron chi connectivity index (χ3n) is 1.67. The van der Waals surface area contributed by atoms with Crippen molar-refractivity contribution in [2.45, 2.75) is 6.92 Å². The van der Waals surface area contributed by atoms with Gasteiger partial charge in [-0.05, 0) is 12.5 Å². The fourth-order valence-corrected chi connectivity index (χ4v) is 0.943. The Morgan fingerprint density at radius 2 is 2.31 bits per heavy atom. The van der Waals surface area contributed by atoms with Crippen molar-refractivity contribution >= 4 is 11.9 Å². The molecule has 0 atom stereocenters. The van der Waals surface area contributed by atoms with Crippen LogP contribution in [0.15, 0.2) is 23.4 Å². The molecule has 68 valence electrons. The van der Waals surface area contributed by atoms with E-state index in [4.69, 9.17) is 5.21 Å². The first-order valence-corrected chi connectivity index (χ1v) is 3.57. The van der Waals surface area contributed by atoms with E-state index >= 15 is 0 Å². The summed E-state index contributed by atoms with van der Waals surface area (Å²) in [5.74, 6) is 0. The number of benzene rings is 1. The van der Waals surface area contributed by atoms with Gasteiger partial charge in [0.2, 0.25) is 0 Å². The molecule has 0 saturated carbocycles. The molecule has 1 aromatic carbocycles. The van der Waals surface area contributed by atoms with Crippen molar-refractivity contribution in [1.29, 1.82) is 0 Å². The Bertz CT molecular complexity index is 360. The van der Waals surface area contributed by atoms with E-state index in [0.29, 0.717) is 5.56 Å². The second-order valence-electron chi connectivity index (χ2n) is 2.54. The van der Waals surface area contributed by atoms with Crippen molar-refractivity contribution in [3.05, 3.63) is 39.4 Å². The first-order valence-electron chi connectivity index (χ1n) is 3.57. The Balaban J connectivity index is 3.18. The summed E-state index contributed by atoms with van der Waals surface area (Å²) in [6, 6.07) is 4.37. The molecule has 1 aromatic rings. The normalized spacial score (nSPS) is 10.5. The third-order valence-corrected chi connectivity index (χ3v) is 1.67. The average molecular weight is 180 g/mol. The van der Waals surface area contributed by atoms with Crippen LogP contribution < -0.4 is 0 Å². The Kier molecular flexibility index (Phi) is 2.59. The van der Waals surface area contributed by atoms with E-state index in [1.54, 1.807) is 13.0 Å². The van der Waals surface area contributed by atoms with Crippen LogP contribution >= 0.6 is 0 Å². The second kappa shape index (κ2) is 3.66. The van der Waals surface area contributed by atoms with Crippen molar-refractivity contribution < 1.29 is 10.1 Å². The maximum Gasteiger partial charge on any atom is 0.270 e. The number of nitrogens with zero attached hydrogens (tertiary/aromatic N) is 2. The van der Waals surface area contributed by atoms with E-state index < -0.39 is 4.92 Å². The second-order valence-corrected chi connectivity index (χ2v) is 2.54. The maximum absolute atomic E-state index is 10.4. The fraction of sp³-hybridized carbons (Fsp3) is 0.125. The molecule has 0 unspecified atom stereocenters. The van der Waals surface area contributed by atoms with Crippen LogP contribution in [0.2, 0.25) is 0 Å². The maximum atomic E-state index is 10.4. The largest absolute Gasteiger partial charge is 0.411 e. The molecular formula is C8H8N2O3. The molecule has 0 aromatic heterocycles. The summed E-state index contributed by atoms with van der Waals surface area (Å²) in [6.45, 7) is 1.78. The fourth-order valence-electron chi connectivity index (χ4n) is 0.943. The van der Waals surface area contributed by atoms with Gasteiger partial charge in [-0.25, -0.2) is 0 Å². The highest BCUT2D eigenvalue weighted by Crippen LogP contribution is 2.15. The quantitative estimate of drug-likeness (QED) is 0.326. The number of nitro benzene ring substituents is 1. The molecule has 1 N–H and O–H groups in total. The van der Waals surface area contributed by atoms with Crippen LogP contribution in [-0.2, 0) is 0 Å². The Labute approximate surface area is 74.5 Å². The minimum Gasteiger partial charge on any atom is -0.411 e. The average Bonchev–Trinajstić information content (AvgIpc) is 2.08. The molecule has 5 nitrogen and oxygen atoms in total. The van der Waals surface area contributed by atoms with Gasteiger partial charge in [0, 0.05) is 17.7 Å². The molecule has 0 heterocycles. The lowest BCUT2D eigenvalue weighted by Gasteiger charge is -1.97. The zero-order valence-corrected chi connectivity index (χ0v) is 6.97. The lowest BCUT2D eigenvalue weighted by Crippen LogP contribution is -1.92. The molecule has 0 aliphatic rings. The Hall–Kier alpha value is -1.91. The number of hydrogen-bond acceptors (Lipinski definition) is 4. The van der Waals surface area contributed by atoms with Gasteiger partial charge < -0.3 is 5.21 Å². The van der Waals surface area contributed by atoms with Gasteiger partial charge in [-0.15, -0.1) is 0 Å². The van der Waals surface area contributed by atoms with Crippen molar-refractivity contribution in [2.75, 3.05) is 0 Å². The molecule has 5 heteroatoms. The van der Waals surface area contributed by atoms with Gasteiger partial charge in [-0.3, -0.25) is 10.1 Å². The molecule has 0 fully saturated rings. The molecule has 0 saturated heterocycles. The molecule has 0 aliphatic heterocycles. The standard InChI is InChI=1S/C8H8N2O3/c1-6-2-3-8(10(12)13)4-7(6)5-9-11/h2-5,11H,1H3. The molecule has 0 bridgehead atoms. The molecule has 1 rings (SSSR count). The van der Waals surface area contributed by atoms with E-state index in [-0.39, 0.29) is 5.69 Å². The highest BCUT2D eigenvalue weighted by Gasteiger charge is 2.06. The monoisotopic (exact) mass is 180 g/mol. The van der Waals surface area contributed by atoms with Gasteiger partial charge in [0.15, 0.2) is 0 Å². The van der Waals surface area contributed by atoms with Gasteiger partial charge >= 0.3 is 0 Å². The highest BCUT2D eigenvalue weighted by atomic mass is 16.6. The molecule has 0 spiro atoms. The van der Waals surface area contributed by atoms with Crippen LogP contribution in [-0.4, -0.2) is 16.3 Å². The van der Waals surface area contributed by atoms with Crippen molar-refractivity contribution in [1.82, 2.24) is 0 Å². The van der Waals surface area contributed by atoms with E-state index in [2.05, 4.69) is 5.16 Å². The first kappa shape index (κ1) is 9.18. The van der Waals surface area contributed by atoms with E-state index in [1.807, 2.05) is 0 Å². The van der Waals surface area contributed by atoms with Crippen LogP contribution in [0.1, 0.15) is 11.1 Å². The summed E-state index contributed by atoms with van der Waals surface area (Å²) in [4.78, 5) is 9.88. The number of aryl methyl sites for hydroxylation is 1. The number of nitro groups is 1. The van der Waals surface area contributed by atoms with Crippen LogP contribution in [0, 0.1) is 17.0 Å². The number of non-ortho nitro benzene ring substituents is 1. The molecule has 0 aliphatic carbocycles. The number of hydrogen-bond donors (Lipinski definition) is 1. The summed E-state index contributed by atoms with van der Waals surface area (Å²) in [6.07, 6.45) is 1.17. The van der Waals surface area contributed by atoms with Gasteiger partial charge in [0.1, 0.15) is 0 Å². The lowest BCUT2D eigenvalue weighted by molar-refractivity contribution is -0.384. The smallest absolute Gasteiger partial charge is 0.270 e. The summed E-state index contributed by atoms with van der Waals surface area (Å²) in [5, 5.41) is 21.5. The van der Waals surface area contributed by atoms with Crippen LogP contribution in [0.3, 0.4) is 0 Å². The van der Waals surface area contributed by atoms with Gasteiger partial charge in [-0.1, -0.05) is 11.2 Å². The van der Waals surface area contributed by atoms with Crippen molar-refractivity contribution in [3.63, 3.8) is 0 Å². The third kappa shape index (κ3) is 2.02. The molecule has 0 radical (unpaired) electrons. The summed E-state index contributed by atoms with van der Waals surface area (Å²) in [5.41, 5.74) is 1.35. The molecule has 0 amide bonds. The van der Waals surface area contributed by atoms with Gasteiger partial charge in [0.25, 0.3) is 5.69 Å². The highest BCUT2D eigenvalue weighted by molar-refractivity contribution is 5.82. The van der Waals surface area contributed by atoms with Gasteiger partial charge in [0.05, 0.1) is 11.1 Å². The minimum atomic E-state index is -0.492. The van der Waals surface area contributed by atoms with E-state index in [1.165, 1.54) is 18.3 Å². The predicted molar refractivity (Wildman–Crippen MR) is 47.2 cm³/mol. The zero-order valence-electron chi connectivity index (χ0n) is 6.97. The SMILES string of the molecule is Cc1ccc([N+](=O)[O-])cc1C=NO. The van der Waals surface area contributed by atoms with E-state index in [9.17, 15) is 10.1 Å². The predicted octanol–water partition coefficient (Wildman–Crippen LogP) is 1.71. The molecule has 13 heavy (non-hydrogen) atoms. The summed E-state index contributed by atoms with van der Waals surface area (Å²) >= 11 is 0. The Morgan fingerprint density at radius 3 is 2.85 bits per heavy atom. The first-order chi connectivity index (χ1) is 6.15. The zero-order chi connectivity index (χ0) is 9.84. The topological polar surface area (TPSA) is 75.7 Å². The van der Waals surface area contributed by atoms with Crippen molar-refractivity contribution in [2.24, 2.45) is 5.16 Å². The van der Waals surface area contributed by atoms with Crippen LogP contribution in [0.25, 0.3) is 0 Å². The van der Waals surface area contributed by atoms with Crippen LogP contribution in [0.5, 0.6) is 0 Å². The molecular weight excluding hydrogens is 172 g/mol. The summed E-state index contributed by atoms with van der Waals surface area (Å²) in [7, 11) is 0. The van der Waals surface area contributed by atoms with Crippen molar-refractivity contribution in [3.8, 4) is 0 Å².